The first-order valence-electron chi connectivity index (χ1n) is 6.19. The van der Waals surface area contributed by atoms with Gasteiger partial charge >= 0.3 is 5.97 Å². The maximum atomic E-state index is 11.2. The summed E-state index contributed by atoms with van der Waals surface area (Å²) in [5.74, 6) is -0.939. The number of aryl methyl sites for hydroxylation is 1. The van der Waals surface area contributed by atoms with Gasteiger partial charge in [-0.1, -0.05) is 24.9 Å². The van der Waals surface area contributed by atoms with Crippen LogP contribution in [0.15, 0.2) is 30.5 Å². The molecule has 100 valence electrons. The van der Waals surface area contributed by atoms with Crippen LogP contribution in [-0.4, -0.2) is 20.9 Å². The highest BCUT2D eigenvalue weighted by Gasteiger charge is 2.15. The molecule has 1 aromatic carbocycles. The molecule has 0 spiro atoms. The summed E-state index contributed by atoms with van der Waals surface area (Å²) < 4.78 is 1.59. The van der Waals surface area contributed by atoms with Crippen molar-refractivity contribution in [2.45, 2.75) is 26.2 Å². The fourth-order valence-electron chi connectivity index (χ4n) is 1.84. The van der Waals surface area contributed by atoms with Gasteiger partial charge in [-0.15, -0.1) is 0 Å². The van der Waals surface area contributed by atoms with E-state index in [1.807, 2.05) is 12.1 Å². The normalized spacial score (nSPS) is 10.6. The van der Waals surface area contributed by atoms with Crippen LogP contribution in [0.4, 0.5) is 0 Å². The van der Waals surface area contributed by atoms with Gasteiger partial charge in [-0.3, -0.25) is 0 Å². The molecule has 2 aromatic rings. The third kappa shape index (κ3) is 3.15. The number of carboxylic acid groups (broad SMARTS) is 1. The lowest BCUT2D eigenvalue weighted by molar-refractivity contribution is 0.0695. The van der Waals surface area contributed by atoms with Gasteiger partial charge in [-0.25, -0.2) is 9.48 Å². The summed E-state index contributed by atoms with van der Waals surface area (Å²) >= 11 is 5.83. The number of rotatable bonds is 5. The van der Waals surface area contributed by atoms with Crippen LogP contribution in [0.2, 0.25) is 5.02 Å². The Morgan fingerprint density at radius 3 is 2.63 bits per heavy atom. The van der Waals surface area contributed by atoms with E-state index in [4.69, 9.17) is 11.6 Å². The van der Waals surface area contributed by atoms with Crippen LogP contribution >= 0.6 is 11.6 Å². The molecule has 0 aliphatic carbocycles. The summed E-state index contributed by atoms with van der Waals surface area (Å²) in [6.45, 7) is 2.07. The number of carboxylic acids is 1. The van der Waals surface area contributed by atoms with E-state index in [9.17, 15) is 9.90 Å². The second kappa shape index (κ2) is 5.89. The van der Waals surface area contributed by atoms with Crippen LogP contribution in [0, 0.1) is 0 Å². The van der Waals surface area contributed by atoms with E-state index < -0.39 is 5.97 Å². The Labute approximate surface area is 116 Å². The predicted octanol–water partition coefficient (Wildman–Crippen LogP) is 3.57. The van der Waals surface area contributed by atoms with Crippen LogP contribution in [0.1, 0.15) is 35.8 Å². The molecule has 0 unspecified atom stereocenters. The van der Waals surface area contributed by atoms with E-state index in [-0.39, 0.29) is 5.56 Å². The van der Waals surface area contributed by atoms with Crippen molar-refractivity contribution >= 4 is 17.6 Å². The number of carbonyl (C=O) groups is 1. The van der Waals surface area contributed by atoms with Gasteiger partial charge in [0.05, 0.1) is 11.4 Å². The lowest BCUT2D eigenvalue weighted by Gasteiger charge is -2.00. The summed E-state index contributed by atoms with van der Waals surface area (Å²) in [7, 11) is 0. The Kier molecular flexibility index (Phi) is 4.22. The minimum absolute atomic E-state index is 0.267. The number of aromatic nitrogens is 2. The molecule has 0 radical (unpaired) electrons. The first kappa shape index (κ1) is 13.6. The summed E-state index contributed by atoms with van der Waals surface area (Å²) in [5, 5.41) is 14.2. The quantitative estimate of drug-likeness (QED) is 0.910. The first-order chi connectivity index (χ1) is 9.11. The summed E-state index contributed by atoms with van der Waals surface area (Å²) in [6.07, 6.45) is 4.17. The zero-order chi connectivity index (χ0) is 13.8. The highest BCUT2D eigenvalue weighted by molar-refractivity contribution is 6.30. The Morgan fingerprint density at radius 1 is 1.37 bits per heavy atom. The summed E-state index contributed by atoms with van der Waals surface area (Å²) in [5.41, 5.74) is 1.70. The molecular formula is C14H15ClN2O2. The molecule has 0 atom stereocenters. The highest BCUT2D eigenvalue weighted by atomic mass is 35.5. The fourth-order valence-corrected chi connectivity index (χ4v) is 1.97. The maximum Gasteiger partial charge on any atom is 0.339 e. The molecule has 0 saturated heterocycles. The van der Waals surface area contributed by atoms with Gasteiger partial charge in [-0.05, 0) is 37.1 Å². The molecule has 5 heteroatoms. The maximum absolute atomic E-state index is 11.2. The molecule has 0 fully saturated rings. The minimum atomic E-state index is -0.939. The topological polar surface area (TPSA) is 55.1 Å². The van der Waals surface area contributed by atoms with Crippen LogP contribution < -0.4 is 0 Å². The van der Waals surface area contributed by atoms with E-state index in [2.05, 4.69) is 12.0 Å². The van der Waals surface area contributed by atoms with Crippen molar-refractivity contribution in [3.05, 3.63) is 46.7 Å². The number of aromatic carboxylic acids is 1. The average Bonchev–Trinajstić information content (AvgIpc) is 2.81. The van der Waals surface area contributed by atoms with Crippen molar-refractivity contribution in [3.63, 3.8) is 0 Å². The number of benzene rings is 1. The van der Waals surface area contributed by atoms with E-state index in [1.54, 1.807) is 23.0 Å². The number of halogens is 1. The Morgan fingerprint density at radius 2 is 2.05 bits per heavy atom. The third-order valence-corrected chi connectivity index (χ3v) is 3.13. The van der Waals surface area contributed by atoms with Crippen LogP contribution in [0.5, 0.6) is 0 Å². The lowest BCUT2D eigenvalue weighted by atomic mass is 10.1. The molecule has 1 N–H and O–H groups in total. The number of hydrogen-bond acceptors (Lipinski definition) is 2. The molecule has 0 aliphatic heterocycles. The van der Waals surface area contributed by atoms with Gasteiger partial charge in [0.1, 0.15) is 5.56 Å². The fraction of sp³-hybridized carbons (Fsp3) is 0.286. The van der Waals surface area contributed by atoms with Crippen molar-refractivity contribution < 1.29 is 9.90 Å². The van der Waals surface area contributed by atoms with Gasteiger partial charge in [0.2, 0.25) is 0 Å². The highest BCUT2D eigenvalue weighted by Crippen LogP contribution is 2.17. The second-order valence-electron chi connectivity index (χ2n) is 4.32. The lowest BCUT2D eigenvalue weighted by Crippen LogP contribution is -1.99. The SMILES string of the molecule is CCCCc1nn(-c2ccc(Cl)cc2)cc1C(=O)O. The molecule has 0 amide bonds. The number of unbranched alkanes of at least 4 members (excludes halogenated alkanes) is 1. The minimum Gasteiger partial charge on any atom is -0.478 e. The van der Waals surface area contributed by atoms with Crippen LogP contribution in [-0.2, 0) is 6.42 Å². The van der Waals surface area contributed by atoms with Crippen LogP contribution in [0.25, 0.3) is 5.69 Å². The molecule has 4 nitrogen and oxygen atoms in total. The molecule has 19 heavy (non-hydrogen) atoms. The Hall–Kier alpha value is -1.81. The molecule has 0 saturated carbocycles. The monoisotopic (exact) mass is 278 g/mol. The summed E-state index contributed by atoms with van der Waals surface area (Å²) in [6, 6.07) is 7.13. The molecule has 0 bridgehead atoms. The van der Waals surface area contributed by atoms with Gasteiger partial charge in [0.15, 0.2) is 0 Å². The largest absolute Gasteiger partial charge is 0.478 e. The van der Waals surface area contributed by atoms with E-state index in [0.717, 1.165) is 18.5 Å². The van der Waals surface area contributed by atoms with Crippen molar-refractivity contribution in [1.82, 2.24) is 9.78 Å². The molecule has 0 aliphatic rings. The van der Waals surface area contributed by atoms with Crippen molar-refractivity contribution in [1.29, 1.82) is 0 Å². The standard InChI is InChI=1S/C14H15ClN2O2/c1-2-3-4-13-12(14(18)19)9-17(16-13)11-7-5-10(15)6-8-11/h5-9H,2-4H2,1H3,(H,18,19). The second-order valence-corrected chi connectivity index (χ2v) is 4.76. The Balaban J connectivity index is 2.36. The van der Waals surface area contributed by atoms with E-state index in [0.29, 0.717) is 17.1 Å². The Bertz CT molecular complexity index is 576. The predicted molar refractivity (Wildman–Crippen MR) is 74.1 cm³/mol. The van der Waals surface area contributed by atoms with Crippen LogP contribution in [0.3, 0.4) is 0 Å². The van der Waals surface area contributed by atoms with E-state index >= 15 is 0 Å². The summed E-state index contributed by atoms with van der Waals surface area (Å²) in [4.78, 5) is 11.2. The number of hydrogen-bond donors (Lipinski definition) is 1. The number of nitrogens with zero attached hydrogens (tertiary/aromatic N) is 2. The van der Waals surface area contributed by atoms with Gasteiger partial charge in [0, 0.05) is 11.2 Å². The van der Waals surface area contributed by atoms with Crippen molar-refractivity contribution in [2.24, 2.45) is 0 Å². The third-order valence-electron chi connectivity index (χ3n) is 2.88. The molecular weight excluding hydrogens is 264 g/mol. The van der Waals surface area contributed by atoms with Crippen molar-refractivity contribution in [3.8, 4) is 5.69 Å². The smallest absolute Gasteiger partial charge is 0.339 e. The average molecular weight is 279 g/mol. The van der Waals surface area contributed by atoms with Gasteiger partial charge in [-0.2, -0.15) is 5.10 Å². The molecule has 2 rings (SSSR count). The first-order valence-corrected chi connectivity index (χ1v) is 6.57. The zero-order valence-electron chi connectivity index (χ0n) is 10.6. The van der Waals surface area contributed by atoms with Gasteiger partial charge in [0.25, 0.3) is 0 Å². The molecule has 1 heterocycles. The van der Waals surface area contributed by atoms with Gasteiger partial charge < -0.3 is 5.11 Å². The molecule has 1 aromatic heterocycles. The van der Waals surface area contributed by atoms with Crippen molar-refractivity contribution in [2.75, 3.05) is 0 Å². The zero-order valence-corrected chi connectivity index (χ0v) is 11.4. The van der Waals surface area contributed by atoms with E-state index in [1.165, 1.54) is 0 Å².